The van der Waals surface area contributed by atoms with Crippen molar-refractivity contribution in [2.75, 3.05) is 45.3 Å². The van der Waals surface area contributed by atoms with Gasteiger partial charge in [0.15, 0.2) is 6.10 Å². The van der Waals surface area contributed by atoms with Gasteiger partial charge in [0.05, 0.1) is 18.1 Å². The molecule has 1 aliphatic rings. The van der Waals surface area contributed by atoms with Gasteiger partial charge in [0.1, 0.15) is 6.61 Å². The summed E-state index contributed by atoms with van der Waals surface area (Å²) in [6.45, 7) is 4.11. The number of hydrogen-bond acceptors (Lipinski definition) is 7. The molecule has 0 aromatic heterocycles. The van der Waals surface area contributed by atoms with E-state index in [2.05, 4.69) is 10.1 Å². The molecule has 1 saturated heterocycles. The fraction of sp³-hybridized carbons (Fsp3) is 0.529. The number of nitrogens with one attached hydrogen (secondary N) is 1. The van der Waals surface area contributed by atoms with E-state index in [9.17, 15) is 18.0 Å². The third-order valence-electron chi connectivity index (χ3n) is 3.98. The van der Waals surface area contributed by atoms with E-state index in [0.29, 0.717) is 24.5 Å². The minimum atomic E-state index is -3.70. The van der Waals surface area contributed by atoms with Crippen LogP contribution >= 0.6 is 0 Å². The van der Waals surface area contributed by atoms with Gasteiger partial charge in [-0.3, -0.25) is 4.79 Å². The normalized spacial score (nSPS) is 16.6. The molecule has 1 aromatic rings. The number of esters is 1. The third-order valence-corrected chi connectivity index (χ3v) is 6.02. The SMILES string of the molecule is COCC(=O)O[C@H](C)C(=O)Nc1ccc(C)c(S(=O)(=O)N2CCOCC2)c1. The molecule has 1 amide bonds. The first-order valence-electron chi connectivity index (χ1n) is 8.43. The molecule has 1 aromatic carbocycles. The maximum Gasteiger partial charge on any atom is 0.332 e. The minimum Gasteiger partial charge on any atom is -0.451 e. The summed E-state index contributed by atoms with van der Waals surface area (Å²) in [5.74, 6) is -1.24. The quantitative estimate of drug-likeness (QED) is 0.665. The first kappa shape index (κ1) is 21.3. The zero-order valence-corrected chi connectivity index (χ0v) is 16.4. The molecule has 0 unspecified atom stereocenters. The van der Waals surface area contributed by atoms with E-state index in [0.717, 1.165) is 0 Å². The van der Waals surface area contributed by atoms with E-state index in [1.165, 1.54) is 24.4 Å². The Labute approximate surface area is 158 Å². The fourth-order valence-electron chi connectivity index (χ4n) is 2.53. The van der Waals surface area contributed by atoms with Gasteiger partial charge >= 0.3 is 5.97 Å². The van der Waals surface area contributed by atoms with Crippen LogP contribution in [0.5, 0.6) is 0 Å². The van der Waals surface area contributed by atoms with E-state index in [1.807, 2.05) is 0 Å². The van der Waals surface area contributed by atoms with Crippen LogP contribution in [0.3, 0.4) is 0 Å². The summed E-state index contributed by atoms with van der Waals surface area (Å²) < 4.78 is 41.9. The Morgan fingerprint density at radius 2 is 1.96 bits per heavy atom. The second-order valence-electron chi connectivity index (χ2n) is 6.05. The Morgan fingerprint density at radius 3 is 2.59 bits per heavy atom. The Kier molecular flexibility index (Phi) is 7.31. The van der Waals surface area contributed by atoms with Gasteiger partial charge in [-0.15, -0.1) is 0 Å². The van der Waals surface area contributed by atoms with E-state index in [1.54, 1.807) is 19.1 Å². The Balaban J connectivity index is 2.14. The van der Waals surface area contributed by atoms with Crippen LogP contribution in [-0.4, -0.2) is 70.7 Å². The second kappa shape index (κ2) is 9.27. The maximum atomic E-state index is 12.9. The molecule has 1 aliphatic heterocycles. The van der Waals surface area contributed by atoms with E-state index in [-0.39, 0.29) is 24.6 Å². The Morgan fingerprint density at radius 1 is 1.30 bits per heavy atom. The van der Waals surface area contributed by atoms with Crippen molar-refractivity contribution in [2.45, 2.75) is 24.8 Å². The van der Waals surface area contributed by atoms with E-state index in [4.69, 9.17) is 9.47 Å². The number of ether oxygens (including phenoxy) is 3. The predicted molar refractivity (Wildman–Crippen MR) is 96.8 cm³/mol. The monoisotopic (exact) mass is 400 g/mol. The lowest BCUT2D eigenvalue weighted by Gasteiger charge is -2.27. The number of hydrogen-bond donors (Lipinski definition) is 1. The number of carbonyl (C=O) groups excluding carboxylic acids is 2. The van der Waals surface area contributed by atoms with Crippen LogP contribution in [0.25, 0.3) is 0 Å². The van der Waals surface area contributed by atoms with Gasteiger partial charge in [0.25, 0.3) is 5.91 Å². The molecular weight excluding hydrogens is 376 g/mol. The zero-order valence-electron chi connectivity index (χ0n) is 15.6. The summed E-state index contributed by atoms with van der Waals surface area (Å²) in [5, 5.41) is 2.57. The first-order valence-corrected chi connectivity index (χ1v) is 9.87. The van der Waals surface area contributed by atoms with Gasteiger partial charge in [-0.05, 0) is 31.5 Å². The van der Waals surface area contributed by atoms with Gasteiger partial charge in [-0.25, -0.2) is 13.2 Å². The summed E-state index contributed by atoms with van der Waals surface area (Å²) in [6.07, 6.45) is -1.05. The molecule has 10 heteroatoms. The number of amides is 1. The van der Waals surface area contributed by atoms with Crippen LogP contribution in [0.15, 0.2) is 23.1 Å². The molecule has 0 radical (unpaired) electrons. The van der Waals surface area contributed by atoms with Crippen molar-refractivity contribution in [3.8, 4) is 0 Å². The Hall–Kier alpha value is -2.01. The van der Waals surface area contributed by atoms with Gasteiger partial charge in [0, 0.05) is 25.9 Å². The van der Waals surface area contributed by atoms with E-state index < -0.39 is 28.0 Å². The summed E-state index contributed by atoms with van der Waals surface area (Å²) in [4.78, 5) is 23.7. The highest BCUT2D eigenvalue weighted by Crippen LogP contribution is 2.24. The van der Waals surface area contributed by atoms with Crippen LogP contribution in [0, 0.1) is 6.92 Å². The number of benzene rings is 1. The number of carbonyl (C=O) groups is 2. The van der Waals surface area contributed by atoms with Crippen LogP contribution < -0.4 is 5.32 Å². The second-order valence-corrected chi connectivity index (χ2v) is 7.96. The lowest BCUT2D eigenvalue weighted by atomic mass is 10.2. The molecule has 27 heavy (non-hydrogen) atoms. The molecule has 150 valence electrons. The van der Waals surface area contributed by atoms with Crippen molar-refractivity contribution in [1.29, 1.82) is 0 Å². The molecule has 1 fully saturated rings. The molecule has 0 saturated carbocycles. The zero-order chi connectivity index (χ0) is 20.0. The van der Waals surface area contributed by atoms with Crippen molar-refractivity contribution in [2.24, 2.45) is 0 Å². The number of methoxy groups -OCH3 is 1. The highest BCUT2D eigenvalue weighted by atomic mass is 32.2. The van der Waals surface area contributed by atoms with Crippen molar-refractivity contribution in [3.05, 3.63) is 23.8 Å². The molecule has 0 aliphatic carbocycles. The standard InChI is InChI=1S/C17H24N2O7S/c1-12-4-5-14(18-17(21)13(2)26-16(20)11-24-3)10-15(12)27(22,23)19-6-8-25-9-7-19/h4-5,10,13H,6-9,11H2,1-3H3,(H,18,21)/t13-/m1/s1. The van der Waals surface area contributed by atoms with Crippen LogP contribution in [0.2, 0.25) is 0 Å². The molecule has 0 spiro atoms. The number of morpholine rings is 1. The van der Waals surface area contributed by atoms with Gasteiger partial charge in [0.2, 0.25) is 10.0 Å². The van der Waals surface area contributed by atoms with Crippen LogP contribution in [-0.2, 0) is 33.8 Å². The van der Waals surface area contributed by atoms with Crippen LogP contribution in [0.1, 0.15) is 12.5 Å². The fourth-order valence-corrected chi connectivity index (χ4v) is 4.19. The maximum absolute atomic E-state index is 12.9. The molecule has 1 heterocycles. The first-order chi connectivity index (χ1) is 12.8. The molecule has 9 nitrogen and oxygen atoms in total. The molecular formula is C17H24N2O7S. The largest absolute Gasteiger partial charge is 0.451 e. The van der Waals surface area contributed by atoms with Gasteiger partial charge < -0.3 is 19.5 Å². The molecule has 1 atom stereocenters. The average molecular weight is 400 g/mol. The smallest absolute Gasteiger partial charge is 0.332 e. The summed E-state index contributed by atoms with van der Waals surface area (Å²) in [6, 6.07) is 4.61. The van der Waals surface area contributed by atoms with Gasteiger partial charge in [-0.1, -0.05) is 6.07 Å². The average Bonchev–Trinajstić information content (AvgIpc) is 2.64. The lowest BCUT2D eigenvalue weighted by Crippen LogP contribution is -2.40. The highest BCUT2D eigenvalue weighted by Gasteiger charge is 2.28. The molecule has 2 rings (SSSR count). The minimum absolute atomic E-state index is 0.117. The lowest BCUT2D eigenvalue weighted by molar-refractivity contribution is -0.156. The van der Waals surface area contributed by atoms with Crippen molar-refractivity contribution >= 4 is 27.6 Å². The third kappa shape index (κ3) is 5.48. The molecule has 0 bridgehead atoms. The summed E-state index contributed by atoms with van der Waals surface area (Å²) in [7, 11) is -2.36. The van der Waals surface area contributed by atoms with Gasteiger partial charge in [-0.2, -0.15) is 4.31 Å². The number of anilines is 1. The van der Waals surface area contributed by atoms with E-state index >= 15 is 0 Å². The van der Waals surface area contributed by atoms with Crippen molar-refractivity contribution in [3.63, 3.8) is 0 Å². The van der Waals surface area contributed by atoms with Crippen LogP contribution in [0.4, 0.5) is 5.69 Å². The molecule has 1 N–H and O–H groups in total. The summed E-state index contributed by atoms with van der Waals surface area (Å²) in [5.41, 5.74) is 0.867. The predicted octanol–water partition coefficient (Wildman–Crippen LogP) is 0.533. The number of nitrogens with zero attached hydrogens (tertiary/aromatic N) is 1. The topological polar surface area (TPSA) is 111 Å². The number of sulfonamides is 1. The Bertz CT molecular complexity index is 788. The van der Waals surface area contributed by atoms with Crippen molar-refractivity contribution < 1.29 is 32.2 Å². The van der Waals surface area contributed by atoms with Crippen molar-refractivity contribution in [1.82, 2.24) is 4.31 Å². The number of aryl methyl sites for hydroxylation is 1. The number of rotatable bonds is 7. The summed E-state index contributed by atoms with van der Waals surface area (Å²) >= 11 is 0. The highest BCUT2D eigenvalue weighted by molar-refractivity contribution is 7.89.